The van der Waals surface area contributed by atoms with E-state index in [2.05, 4.69) is 10.2 Å². The molecule has 0 bridgehead atoms. The molecule has 0 aliphatic heterocycles. The lowest BCUT2D eigenvalue weighted by atomic mass is 9.78. The fourth-order valence-electron chi connectivity index (χ4n) is 2.61. The summed E-state index contributed by atoms with van der Waals surface area (Å²) in [6, 6.07) is 0.0891. The Morgan fingerprint density at radius 1 is 1.26 bits per heavy atom. The van der Waals surface area contributed by atoms with Crippen LogP contribution in [0.5, 0.6) is 0 Å². The van der Waals surface area contributed by atoms with Crippen LogP contribution < -0.4 is 5.32 Å². The van der Waals surface area contributed by atoms with Gasteiger partial charge in [-0.1, -0.05) is 12.8 Å². The summed E-state index contributed by atoms with van der Waals surface area (Å²) < 4.78 is 0. The summed E-state index contributed by atoms with van der Waals surface area (Å²) in [4.78, 5) is 25.4. The van der Waals surface area contributed by atoms with Crippen molar-refractivity contribution in [2.24, 2.45) is 11.8 Å². The number of carboxylic acids is 1. The third-order valence-corrected chi connectivity index (χ3v) is 3.82. The van der Waals surface area contributed by atoms with Gasteiger partial charge in [0.1, 0.15) is 0 Å². The number of rotatable bonds is 6. The normalized spacial score (nSPS) is 25.1. The van der Waals surface area contributed by atoms with E-state index in [4.69, 9.17) is 0 Å². The van der Waals surface area contributed by atoms with Crippen LogP contribution in [0, 0.1) is 11.8 Å². The zero-order valence-electron chi connectivity index (χ0n) is 12.2. The molecule has 0 aromatic heterocycles. The largest absolute Gasteiger partial charge is 0.481 e. The van der Waals surface area contributed by atoms with E-state index in [0.29, 0.717) is 12.8 Å². The van der Waals surface area contributed by atoms with E-state index in [1.807, 2.05) is 21.0 Å². The Balaban J connectivity index is 2.48. The summed E-state index contributed by atoms with van der Waals surface area (Å²) in [6.07, 6.45) is 4.07. The second kappa shape index (κ2) is 7.48. The average molecular weight is 270 g/mol. The highest BCUT2D eigenvalue weighted by Crippen LogP contribution is 2.30. The lowest BCUT2D eigenvalue weighted by Crippen LogP contribution is -2.43. The maximum atomic E-state index is 12.2. The number of hydrogen-bond donors (Lipinski definition) is 2. The van der Waals surface area contributed by atoms with Crippen LogP contribution in [0.4, 0.5) is 0 Å². The second-order valence-corrected chi connectivity index (χ2v) is 5.84. The minimum Gasteiger partial charge on any atom is -0.481 e. The van der Waals surface area contributed by atoms with E-state index in [0.717, 1.165) is 25.8 Å². The highest BCUT2D eigenvalue weighted by Gasteiger charge is 2.35. The molecule has 0 spiro atoms. The van der Waals surface area contributed by atoms with Crippen LogP contribution in [-0.4, -0.2) is 48.6 Å². The SMILES string of the molecule is CC(CCN(C)C)NC(=O)C1CCCCC1C(=O)O. The van der Waals surface area contributed by atoms with Gasteiger partial charge in [0, 0.05) is 6.04 Å². The molecule has 1 fully saturated rings. The van der Waals surface area contributed by atoms with Crippen LogP contribution in [0.25, 0.3) is 0 Å². The van der Waals surface area contributed by atoms with Gasteiger partial charge >= 0.3 is 5.97 Å². The maximum absolute atomic E-state index is 12.2. The zero-order chi connectivity index (χ0) is 14.4. The maximum Gasteiger partial charge on any atom is 0.307 e. The molecule has 3 unspecified atom stereocenters. The Hall–Kier alpha value is -1.10. The number of nitrogens with zero attached hydrogens (tertiary/aromatic N) is 1. The topological polar surface area (TPSA) is 69.6 Å². The molecule has 5 heteroatoms. The molecule has 1 aliphatic rings. The smallest absolute Gasteiger partial charge is 0.307 e. The van der Waals surface area contributed by atoms with Gasteiger partial charge in [-0.3, -0.25) is 9.59 Å². The molecule has 0 saturated heterocycles. The van der Waals surface area contributed by atoms with Crippen molar-refractivity contribution in [1.82, 2.24) is 10.2 Å². The highest BCUT2D eigenvalue weighted by molar-refractivity contribution is 5.85. The predicted molar refractivity (Wildman–Crippen MR) is 73.9 cm³/mol. The van der Waals surface area contributed by atoms with Crippen molar-refractivity contribution in [3.05, 3.63) is 0 Å². The highest BCUT2D eigenvalue weighted by atomic mass is 16.4. The van der Waals surface area contributed by atoms with Crippen molar-refractivity contribution >= 4 is 11.9 Å². The molecule has 5 nitrogen and oxygen atoms in total. The first-order valence-electron chi connectivity index (χ1n) is 7.09. The van der Waals surface area contributed by atoms with Gasteiger partial charge in [0.25, 0.3) is 0 Å². The van der Waals surface area contributed by atoms with E-state index in [1.54, 1.807) is 0 Å². The van der Waals surface area contributed by atoms with Gasteiger partial charge in [0.15, 0.2) is 0 Å². The molecule has 110 valence electrons. The molecule has 2 N–H and O–H groups in total. The van der Waals surface area contributed by atoms with E-state index in [1.165, 1.54) is 0 Å². The van der Waals surface area contributed by atoms with Gasteiger partial charge in [-0.2, -0.15) is 0 Å². The number of amides is 1. The molecule has 0 aromatic carbocycles. The summed E-state index contributed by atoms with van der Waals surface area (Å²) in [5.41, 5.74) is 0. The molecule has 1 rings (SSSR count). The second-order valence-electron chi connectivity index (χ2n) is 5.84. The number of hydrogen-bond acceptors (Lipinski definition) is 3. The first-order chi connectivity index (χ1) is 8.91. The van der Waals surface area contributed by atoms with E-state index in [9.17, 15) is 14.7 Å². The van der Waals surface area contributed by atoms with E-state index in [-0.39, 0.29) is 17.9 Å². The fraction of sp³-hybridized carbons (Fsp3) is 0.857. The lowest BCUT2D eigenvalue weighted by Gasteiger charge is -2.29. The van der Waals surface area contributed by atoms with Gasteiger partial charge in [0.05, 0.1) is 11.8 Å². The van der Waals surface area contributed by atoms with Crippen molar-refractivity contribution in [2.75, 3.05) is 20.6 Å². The molecule has 1 amide bonds. The summed E-state index contributed by atoms with van der Waals surface area (Å²) in [5, 5.41) is 12.1. The molecular weight excluding hydrogens is 244 g/mol. The van der Waals surface area contributed by atoms with E-state index >= 15 is 0 Å². The number of carboxylic acid groups (broad SMARTS) is 1. The van der Waals surface area contributed by atoms with Gasteiger partial charge in [0.2, 0.25) is 5.91 Å². The van der Waals surface area contributed by atoms with Gasteiger partial charge < -0.3 is 15.3 Å². The van der Waals surface area contributed by atoms with Crippen molar-refractivity contribution in [3.8, 4) is 0 Å². The first kappa shape index (κ1) is 16.0. The Kier molecular flexibility index (Phi) is 6.28. The number of carbonyl (C=O) groups is 2. The Morgan fingerprint density at radius 3 is 2.37 bits per heavy atom. The lowest BCUT2D eigenvalue weighted by molar-refractivity contribution is -0.149. The Labute approximate surface area is 115 Å². The quantitative estimate of drug-likeness (QED) is 0.764. The van der Waals surface area contributed by atoms with E-state index < -0.39 is 11.9 Å². The third kappa shape index (κ3) is 5.19. The third-order valence-electron chi connectivity index (χ3n) is 3.82. The van der Waals surface area contributed by atoms with Crippen LogP contribution in [0.1, 0.15) is 39.0 Å². The minimum absolute atomic E-state index is 0.0849. The van der Waals surface area contributed by atoms with Gasteiger partial charge in [-0.15, -0.1) is 0 Å². The van der Waals surface area contributed by atoms with Crippen molar-refractivity contribution < 1.29 is 14.7 Å². The van der Waals surface area contributed by atoms with Gasteiger partial charge in [-0.25, -0.2) is 0 Å². The van der Waals surface area contributed by atoms with Crippen LogP contribution in [0.3, 0.4) is 0 Å². The number of carbonyl (C=O) groups excluding carboxylic acids is 1. The minimum atomic E-state index is -0.833. The van der Waals surface area contributed by atoms with Crippen LogP contribution in [-0.2, 0) is 9.59 Å². The summed E-state index contributed by atoms with van der Waals surface area (Å²) >= 11 is 0. The summed E-state index contributed by atoms with van der Waals surface area (Å²) in [7, 11) is 3.99. The van der Waals surface area contributed by atoms with Crippen LogP contribution in [0.2, 0.25) is 0 Å². The average Bonchev–Trinajstić information content (AvgIpc) is 2.36. The first-order valence-corrected chi connectivity index (χ1v) is 7.09. The van der Waals surface area contributed by atoms with Crippen LogP contribution >= 0.6 is 0 Å². The standard InChI is InChI=1S/C14H26N2O3/c1-10(8-9-16(2)3)15-13(17)11-6-4-5-7-12(11)14(18)19/h10-12H,4-9H2,1-3H3,(H,15,17)(H,18,19). The molecule has 1 aliphatic carbocycles. The zero-order valence-corrected chi connectivity index (χ0v) is 12.2. The number of aliphatic carboxylic acids is 1. The molecular formula is C14H26N2O3. The number of nitrogens with one attached hydrogen (secondary N) is 1. The van der Waals surface area contributed by atoms with Crippen molar-refractivity contribution in [2.45, 2.75) is 45.1 Å². The van der Waals surface area contributed by atoms with Crippen molar-refractivity contribution in [3.63, 3.8) is 0 Å². The molecule has 3 atom stereocenters. The van der Waals surface area contributed by atoms with Crippen molar-refractivity contribution in [1.29, 1.82) is 0 Å². The molecule has 1 saturated carbocycles. The fourth-order valence-corrected chi connectivity index (χ4v) is 2.61. The van der Waals surface area contributed by atoms with Crippen LogP contribution in [0.15, 0.2) is 0 Å². The molecule has 0 aromatic rings. The summed E-state index contributed by atoms with van der Waals surface area (Å²) in [5.74, 6) is -1.78. The Morgan fingerprint density at radius 2 is 1.84 bits per heavy atom. The predicted octanol–water partition coefficient (Wildman–Crippen LogP) is 1.33. The molecule has 0 heterocycles. The molecule has 19 heavy (non-hydrogen) atoms. The summed E-state index contributed by atoms with van der Waals surface area (Å²) in [6.45, 7) is 2.88. The monoisotopic (exact) mass is 270 g/mol. The Bertz CT molecular complexity index is 318. The molecule has 0 radical (unpaired) electrons. The van der Waals surface area contributed by atoms with Gasteiger partial charge in [-0.05, 0) is 46.8 Å².